The van der Waals surface area contributed by atoms with Gasteiger partial charge in [-0.25, -0.2) is 0 Å². The molecule has 1 nitrogen and oxygen atoms in total. The summed E-state index contributed by atoms with van der Waals surface area (Å²) in [5.41, 5.74) is 5.64. The smallest absolute Gasteiger partial charge is 0.111 e. The summed E-state index contributed by atoms with van der Waals surface area (Å²) in [6.07, 6.45) is 3.00. The molecule has 2 rings (SSSR count). The van der Waals surface area contributed by atoms with Crippen LogP contribution < -0.4 is 0 Å². The number of benzene rings is 1. The minimum absolute atomic E-state index is 0.181. The van der Waals surface area contributed by atoms with Gasteiger partial charge in [0.2, 0.25) is 0 Å². The molecule has 0 radical (unpaired) electrons. The Labute approximate surface area is 120 Å². The lowest BCUT2D eigenvalue weighted by Gasteiger charge is -2.30. The molecule has 1 aliphatic carbocycles. The van der Waals surface area contributed by atoms with Gasteiger partial charge in [0.1, 0.15) is 5.76 Å². The predicted molar refractivity (Wildman–Crippen MR) is 82.7 cm³/mol. The van der Waals surface area contributed by atoms with E-state index in [1.807, 2.05) is 13.8 Å². The number of rotatable bonds is 2. The number of fused-ring (bicyclic) bond motifs is 1. The number of hydrogen-bond donors (Lipinski definition) is 1. The van der Waals surface area contributed by atoms with Gasteiger partial charge in [-0.3, -0.25) is 0 Å². The molecular weight excluding hydrogens is 256 g/mol. The number of aliphatic hydroxyl groups is 1. The van der Waals surface area contributed by atoms with Gasteiger partial charge in [-0.15, -0.1) is 0 Å². The van der Waals surface area contributed by atoms with Crippen molar-refractivity contribution in [3.8, 4) is 0 Å². The van der Waals surface area contributed by atoms with Gasteiger partial charge < -0.3 is 5.11 Å². The molecular formula is C17H21ClO. The average Bonchev–Trinajstić information content (AvgIpc) is 2.34. The lowest BCUT2D eigenvalue weighted by molar-refractivity contribution is 0.371. The highest BCUT2D eigenvalue weighted by Gasteiger charge is 2.27. The molecule has 0 aromatic heterocycles. The summed E-state index contributed by atoms with van der Waals surface area (Å²) in [6, 6.07) is 2.17. The van der Waals surface area contributed by atoms with Crippen molar-refractivity contribution >= 4 is 17.7 Å². The highest BCUT2D eigenvalue weighted by atomic mass is 35.5. The first-order chi connectivity index (χ1) is 8.82. The van der Waals surface area contributed by atoms with E-state index in [2.05, 4.69) is 32.6 Å². The van der Waals surface area contributed by atoms with E-state index in [9.17, 15) is 5.11 Å². The molecule has 0 heterocycles. The Hall–Kier alpha value is -1.21. The summed E-state index contributed by atoms with van der Waals surface area (Å²) in [5.74, 6) is 0.977. The number of aryl methyl sites for hydroxylation is 1. The third kappa shape index (κ3) is 2.44. The Morgan fingerprint density at radius 2 is 2.05 bits per heavy atom. The van der Waals surface area contributed by atoms with Crippen LogP contribution in [0.1, 0.15) is 36.1 Å². The van der Waals surface area contributed by atoms with Crippen LogP contribution >= 0.6 is 11.6 Å². The van der Waals surface area contributed by atoms with E-state index in [0.29, 0.717) is 11.8 Å². The zero-order chi connectivity index (χ0) is 14.3. The maximum Gasteiger partial charge on any atom is 0.111 e. The molecule has 1 aromatic carbocycles. The zero-order valence-electron chi connectivity index (χ0n) is 12.0. The fourth-order valence-electron chi connectivity index (χ4n) is 2.93. The van der Waals surface area contributed by atoms with E-state index < -0.39 is 0 Å². The van der Waals surface area contributed by atoms with Crippen molar-refractivity contribution in [3.05, 3.63) is 51.3 Å². The molecule has 1 aliphatic rings. The number of halogens is 1. The third-order valence-electron chi connectivity index (χ3n) is 4.09. The number of aliphatic hydroxyl groups excluding tert-OH is 1. The Balaban J connectivity index is 2.64. The van der Waals surface area contributed by atoms with E-state index in [0.717, 1.165) is 33.7 Å². The molecule has 0 amide bonds. The van der Waals surface area contributed by atoms with E-state index >= 15 is 0 Å². The molecule has 2 heteroatoms. The molecule has 1 atom stereocenters. The van der Waals surface area contributed by atoms with Crippen LogP contribution in [0.3, 0.4) is 0 Å². The lowest BCUT2D eigenvalue weighted by atomic mass is 9.75. The highest BCUT2D eigenvalue weighted by molar-refractivity contribution is 6.32. The second-order valence-electron chi connectivity index (χ2n) is 5.81. The molecule has 0 saturated carbocycles. The molecule has 102 valence electrons. The molecule has 0 aliphatic heterocycles. The topological polar surface area (TPSA) is 20.2 Å². The quantitative estimate of drug-likeness (QED) is 0.733. The molecule has 19 heavy (non-hydrogen) atoms. The Morgan fingerprint density at radius 3 is 2.58 bits per heavy atom. The fourth-order valence-corrected chi connectivity index (χ4v) is 3.09. The van der Waals surface area contributed by atoms with Crippen LogP contribution in [0.5, 0.6) is 0 Å². The van der Waals surface area contributed by atoms with Crippen molar-refractivity contribution in [2.24, 2.45) is 11.8 Å². The van der Waals surface area contributed by atoms with Gasteiger partial charge in [0, 0.05) is 5.02 Å². The second kappa shape index (κ2) is 5.05. The van der Waals surface area contributed by atoms with Crippen molar-refractivity contribution in [1.82, 2.24) is 0 Å². The lowest BCUT2D eigenvalue weighted by Crippen LogP contribution is -2.20. The summed E-state index contributed by atoms with van der Waals surface area (Å²) < 4.78 is 0. The van der Waals surface area contributed by atoms with Gasteiger partial charge in [0.15, 0.2) is 0 Å². The van der Waals surface area contributed by atoms with Crippen molar-refractivity contribution in [1.29, 1.82) is 0 Å². The SMILES string of the molecule is C=C(O)C1=Cc2c(cc(C)c(Cl)c2C)CC1C(C)C. The summed E-state index contributed by atoms with van der Waals surface area (Å²) in [6.45, 7) is 12.2. The van der Waals surface area contributed by atoms with E-state index in [4.69, 9.17) is 11.6 Å². The van der Waals surface area contributed by atoms with Crippen LogP contribution in [0.15, 0.2) is 24.0 Å². The van der Waals surface area contributed by atoms with E-state index in [-0.39, 0.29) is 5.76 Å². The summed E-state index contributed by atoms with van der Waals surface area (Å²) in [5, 5.41) is 10.7. The third-order valence-corrected chi connectivity index (χ3v) is 4.67. The summed E-state index contributed by atoms with van der Waals surface area (Å²) in [4.78, 5) is 0. The number of hydrogen-bond acceptors (Lipinski definition) is 1. The van der Waals surface area contributed by atoms with Gasteiger partial charge in [0.05, 0.1) is 0 Å². The largest absolute Gasteiger partial charge is 0.508 e. The van der Waals surface area contributed by atoms with Crippen LogP contribution in [0.2, 0.25) is 5.02 Å². The molecule has 0 spiro atoms. The molecule has 1 N–H and O–H groups in total. The normalized spacial score (nSPS) is 18.2. The van der Waals surface area contributed by atoms with Crippen LogP contribution in [0.4, 0.5) is 0 Å². The first kappa shape index (κ1) is 14.2. The van der Waals surface area contributed by atoms with Crippen LogP contribution in [0.25, 0.3) is 6.08 Å². The molecule has 0 fully saturated rings. The van der Waals surface area contributed by atoms with Crippen LogP contribution in [-0.2, 0) is 6.42 Å². The minimum Gasteiger partial charge on any atom is -0.508 e. The van der Waals surface area contributed by atoms with Crippen molar-refractivity contribution < 1.29 is 5.11 Å². The fraction of sp³-hybridized carbons (Fsp3) is 0.412. The Morgan fingerprint density at radius 1 is 1.42 bits per heavy atom. The molecule has 0 saturated heterocycles. The second-order valence-corrected chi connectivity index (χ2v) is 6.18. The number of allylic oxidation sites excluding steroid dienone is 1. The first-order valence-corrected chi connectivity index (χ1v) is 7.09. The van der Waals surface area contributed by atoms with Crippen molar-refractivity contribution in [2.45, 2.75) is 34.1 Å². The predicted octanol–water partition coefficient (Wildman–Crippen LogP) is 5.24. The van der Waals surface area contributed by atoms with Crippen molar-refractivity contribution in [2.75, 3.05) is 0 Å². The van der Waals surface area contributed by atoms with E-state index in [1.54, 1.807) is 0 Å². The summed E-state index contributed by atoms with van der Waals surface area (Å²) >= 11 is 6.33. The Bertz CT molecular complexity index is 567. The van der Waals surface area contributed by atoms with Gasteiger partial charge in [-0.05, 0) is 66.0 Å². The maximum atomic E-state index is 9.84. The molecule has 1 aromatic rings. The van der Waals surface area contributed by atoms with E-state index in [1.165, 1.54) is 5.56 Å². The monoisotopic (exact) mass is 276 g/mol. The van der Waals surface area contributed by atoms with Gasteiger partial charge in [-0.2, -0.15) is 0 Å². The first-order valence-electron chi connectivity index (χ1n) is 6.71. The van der Waals surface area contributed by atoms with Gasteiger partial charge in [-0.1, -0.05) is 38.1 Å². The Kier molecular flexibility index (Phi) is 3.78. The molecule has 1 unspecified atom stereocenters. The van der Waals surface area contributed by atoms with Crippen LogP contribution in [0, 0.1) is 25.7 Å². The minimum atomic E-state index is 0.181. The highest BCUT2D eigenvalue weighted by Crippen LogP contribution is 2.39. The average molecular weight is 277 g/mol. The van der Waals surface area contributed by atoms with Gasteiger partial charge >= 0.3 is 0 Å². The maximum absolute atomic E-state index is 9.84. The van der Waals surface area contributed by atoms with Gasteiger partial charge in [0.25, 0.3) is 0 Å². The zero-order valence-corrected chi connectivity index (χ0v) is 12.8. The molecule has 0 bridgehead atoms. The van der Waals surface area contributed by atoms with Crippen LogP contribution in [-0.4, -0.2) is 5.11 Å². The summed E-state index contributed by atoms with van der Waals surface area (Å²) in [7, 11) is 0. The standard InChI is InChI=1S/C17H21ClO/c1-9(2)14-7-13-6-10(3)17(18)11(4)15(13)8-16(14)12(5)19/h6,8-9,14,19H,5,7H2,1-4H3. The van der Waals surface area contributed by atoms with Crippen molar-refractivity contribution in [3.63, 3.8) is 0 Å².